The second-order valence-electron chi connectivity index (χ2n) is 6.92. The second kappa shape index (κ2) is 8.95. The molecule has 0 aliphatic carbocycles. The molecule has 0 aromatic heterocycles. The monoisotopic (exact) mass is 285 g/mol. The summed E-state index contributed by atoms with van der Waals surface area (Å²) in [4.78, 5) is 23.3. The van der Waals surface area contributed by atoms with E-state index in [1.54, 1.807) is 0 Å². The molecule has 0 fully saturated rings. The van der Waals surface area contributed by atoms with Crippen LogP contribution in [0.1, 0.15) is 66.7 Å². The fourth-order valence-electron chi connectivity index (χ4n) is 1.99. The van der Waals surface area contributed by atoms with Crippen LogP contribution < -0.4 is 16.6 Å². The van der Waals surface area contributed by atoms with Crippen molar-refractivity contribution < 1.29 is 9.59 Å². The summed E-state index contributed by atoms with van der Waals surface area (Å²) in [6, 6.07) is -0.554. The molecule has 4 N–H and O–H groups in total. The number of unbranched alkanes of at least 4 members (excludes halogenated alkanes) is 2. The minimum atomic E-state index is -0.554. The smallest absolute Gasteiger partial charge is 0.256 e. The van der Waals surface area contributed by atoms with Gasteiger partial charge < -0.3 is 5.32 Å². The number of rotatable bonds is 8. The van der Waals surface area contributed by atoms with Gasteiger partial charge in [0.25, 0.3) is 5.91 Å². The Labute approximate surface area is 123 Å². The molecule has 20 heavy (non-hydrogen) atoms. The van der Waals surface area contributed by atoms with Gasteiger partial charge in [0.15, 0.2) is 0 Å². The molecule has 0 saturated carbocycles. The maximum atomic E-state index is 11.8. The van der Waals surface area contributed by atoms with Crippen molar-refractivity contribution in [3.05, 3.63) is 0 Å². The van der Waals surface area contributed by atoms with E-state index in [2.05, 4.69) is 31.5 Å². The van der Waals surface area contributed by atoms with Crippen molar-refractivity contribution in [2.24, 2.45) is 17.2 Å². The Morgan fingerprint density at radius 1 is 1.10 bits per heavy atom. The Morgan fingerprint density at radius 2 is 1.70 bits per heavy atom. The first-order chi connectivity index (χ1) is 9.17. The van der Waals surface area contributed by atoms with E-state index in [4.69, 9.17) is 5.84 Å². The summed E-state index contributed by atoms with van der Waals surface area (Å²) in [5.74, 6) is 4.71. The van der Waals surface area contributed by atoms with Crippen molar-refractivity contribution in [1.29, 1.82) is 0 Å². The summed E-state index contributed by atoms with van der Waals surface area (Å²) in [6.45, 7) is 10.4. The van der Waals surface area contributed by atoms with Gasteiger partial charge in [-0.1, -0.05) is 47.5 Å². The standard InChI is InChI=1S/C15H31N3O2/c1-11(2)13(14(20)18-16)17-12(19)9-7-6-8-10-15(3,4)5/h11,13H,6-10,16H2,1-5H3,(H,17,19)(H,18,20). The molecule has 1 unspecified atom stereocenters. The Morgan fingerprint density at radius 3 is 2.15 bits per heavy atom. The summed E-state index contributed by atoms with van der Waals surface area (Å²) in [6.07, 6.45) is 4.66. The van der Waals surface area contributed by atoms with E-state index in [-0.39, 0.29) is 17.7 Å². The molecular formula is C15H31N3O2. The van der Waals surface area contributed by atoms with E-state index in [1.165, 1.54) is 6.42 Å². The van der Waals surface area contributed by atoms with Crippen molar-refractivity contribution in [3.63, 3.8) is 0 Å². The molecule has 0 bridgehead atoms. The molecule has 0 saturated heterocycles. The van der Waals surface area contributed by atoms with Crippen molar-refractivity contribution in [2.45, 2.75) is 72.8 Å². The Kier molecular flexibility index (Phi) is 8.46. The highest BCUT2D eigenvalue weighted by Crippen LogP contribution is 2.22. The number of nitrogens with two attached hydrogens (primary N) is 1. The molecule has 2 amide bonds. The largest absolute Gasteiger partial charge is 0.344 e. The lowest BCUT2D eigenvalue weighted by Gasteiger charge is -2.20. The first-order valence-corrected chi connectivity index (χ1v) is 7.47. The van der Waals surface area contributed by atoms with Crippen LogP contribution in [-0.4, -0.2) is 17.9 Å². The van der Waals surface area contributed by atoms with E-state index in [0.29, 0.717) is 11.8 Å². The van der Waals surface area contributed by atoms with Crippen molar-refractivity contribution >= 4 is 11.8 Å². The number of carbonyl (C=O) groups is 2. The van der Waals surface area contributed by atoms with Crippen molar-refractivity contribution in [1.82, 2.24) is 10.7 Å². The molecule has 0 rings (SSSR count). The number of hydrogen-bond donors (Lipinski definition) is 3. The van der Waals surface area contributed by atoms with Gasteiger partial charge in [-0.2, -0.15) is 0 Å². The predicted octanol–water partition coefficient (Wildman–Crippen LogP) is 2.11. The molecule has 0 radical (unpaired) electrons. The fourth-order valence-corrected chi connectivity index (χ4v) is 1.99. The lowest BCUT2D eigenvalue weighted by Crippen LogP contribution is -2.51. The summed E-state index contributed by atoms with van der Waals surface area (Å²) in [7, 11) is 0. The highest BCUT2D eigenvalue weighted by molar-refractivity contribution is 5.87. The van der Waals surface area contributed by atoms with Gasteiger partial charge in [-0.05, 0) is 24.2 Å². The number of carbonyl (C=O) groups excluding carboxylic acids is 2. The summed E-state index contributed by atoms with van der Waals surface area (Å²) in [5.41, 5.74) is 2.44. The van der Waals surface area contributed by atoms with Gasteiger partial charge in [-0.15, -0.1) is 0 Å². The molecule has 0 heterocycles. The van der Waals surface area contributed by atoms with E-state index in [0.717, 1.165) is 19.3 Å². The van der Waals surface area contributed by atoms with Crippen LogP contribution in [0.5, 0.6) is 0 Å². The van der Waals surface area contributed by atoms with Crippen molar-refractivity contribution in [3.8, 4) is 0 Å². The highest BCUT2D eigenvalue weighted by atomic mass is 16.2. The van der Waals surface area contributed by atoms with E-state index in [1.807, 2.05) is 13.8 Å². The summed E-state index contributed by atoms with van der Waals surface area (Å²) in [5, 5.41) is 2.74. The molecule has 0 spiro atoms. The Balaban J connectivity index is 3.95. The van der Waals surface area contributed by atoms with E-state index < -0.39 is 6.04 Å². The molecule has 0 aliphatic rings. The van der Waals surface area contributed by atoms with Gasteiger partial charge in [0.1, 0.15) is 6.04 Å². The minimum Gasteiger partial charge on any atom is -0.344 e. The fraction of sp³-hybridized carbons (Fsp3) is 0.867. The molecular weight excluding hydrogens is 254 g/mol. The number of amides is 2. The van der Waals surface area contributed by atoms with Crippen LogP contribution in [-0.2, 0) is 9.59 Å². The molecule has 5 heteroatoms. The lowest BCUT2D eigenvalue weighted by atomic mass is 9.89. The van der Waals surface area contributed by atoms with Crippen LogP contribution >= 0.6 is 0 Å². The molecule has 0 aromatic carbocycles. The topological polar surface area (TPSA) is 84.2 Å². The van der Waals surface area contributed by atoms with Gasteiger partial charge in [0.05, 0.1) is 0 Å². The Hall–Kier alpha value is -1.10. The zero-order chi connectivity index (χ0) is 15.8. The Bertz CT molecular complexity index is 309. The van der Waals surface area contributed by atoms with Crippen LogP contribution in [0, 0.1) is 11.3 Å². The summed E-state index contributed by atoms with van der Waals surface area (Å²) < 4.78 is 0. The van der Waals surface area contributed by atoms with Crippen LogP contribution in [0.25, 0.3) is 0 Å². The molecule has 0 aliphatic heterocycles. The first kappa shape index (κ1) is 18.9. The summed E-state index contributed by atoms with van der Waals surface area (Å²) >= 11 is 0. The number of nitrogens with one attached hydrogen (secondary N) is 2. The van der Waals surface area contributed by atoms with E-state index in [9.17, 15) is 9.59 Å². The zero-order valence-corrected chi connectivity index (χ0v) is 13.6. The SMILES string of the molecule is CC(C)C(NC(=O)CCCCCC(C)(C)C)C(=O)NN. The second-order valence-corrected chi connectivity index (χ2v) is 6.92. The average Bonchev–Trinajstić information content (AvgIpc) is 2.32. The van der Waals surface area contributed by atoms with Gasteiger partial charge in [0, 0.05) is 6.42 Å². The third kappa shape index (κ3) is 8.91. The average molecular weight is 285 g/mol. The first-order valence-electron chi connectivity index (χ1n) is 7.47. The van der Waals surface area contributed by atoms with Gasteiger partial charge in [-0.25, -0.2) is 5.84 Å². The maximum Gasteiger partial charge on any atom is 0.256 e. The maximum absolute atomic E-state index is 11.8. The number of hydrazine groups is 1. The zero-order valence-electron chi connectivity index (χ0n) is 13.6. The normalized spacial score (nSPS) is 13.2. The quantitative estimate of drug-likeness (QED) is 0.276. The molecule has 0 aromatic rings. The van der Waals surface area contributed by atoms with Crippen LogP contribution in [0.15, 0.2) is 0 Å². The van der Waals surface area contributed by atoms with Crippen molar-refractivity contribution in [2.75, 3.05) is 0 Å². The van der Waals surface area contributed by atoms with Gasteiger partial charge >= 0.3 is 0 Å². The molecule has 5 nitrogen and oxygen atoms in total. The minimum absolute atomic E-state index is 0.0170. The lowest BCUT2D eigenvalue weighted by molar-refractivity contribution is -0.130. The van der Waals surface area contributed by atoms with Crippen LogP contribution in [0.2, 0.25) is 0 Å². The third-order valence-corrected chi connectivity index (χ3v) is 3.24. The van der Waals surface area contributed by atoms with Gasteiger partial charge in [0.2, 0.25) is 5.91 Å². The van der Waals surface area contributed by atoms with E-state index >= 15 is 0 Å². The third-order valence-electron chi connectivity index (χ3n) is 3.24. The highest BCUT2D eigenvalue weighted by Gasteiger charge is 2.22. The predicted molar refractivity (Wildman–Crippen MR) is 81.6 cm³/mol. The molecule has 118 valence electrons. The number of hydrogen-bond acceptors (Lipinski definition) is 3. The van der Waals surface area contributed by atoms with Crippen LogP contribution in [0.3, 0.4) is 0 Å². The van der Waals surface area contributed by atoms with Gasteiger partial charge in [-0.3, -0.25) is 15.0 Å². The van der Waals surface area contributed by atoms with Crippen LogP contribution in [0.4, 0.5) is 0 Å². The molecule has 1 atom stereocenters.